The van der Waals surface area contributed by atoms with E-state index in [0.29, 0.717) is 19.7 Å². The van der Waals surface area contributed by atoms with E-state index in [0.717, 1.165) is 26.7 Å². The Morgan fingerprint density at radius 2 is 2.11 bits per heavy atom. The van der Waals surface area contributed by atoms with Crippen molar-refractivity contribution in [2.75, 3.05) is 13.2 Å². The molecule has 5 heteroatoms. The summed E-state index contributed by atoms with van der Waals surface area (Å²) in [6.07, 6.45) is 0.629. The minimum atomic E-state index is -0.347. The molecular formula is C13H19Br2NO2. The minimum absolute atomic E-state index is 0.347. The van der Waals surface area contributed by atoms with Gasteiger partial charge in [0, 0.05) is 23.1 Å². The molecule has 1 aromatic rings. The zero-order chi connectivity index (χ0) is 13.5. The van der Waals surface area contributed by atoms with Crippen molar-refractivity contribution < 1.29 is 9.84 Å². The van der Waals surface area contributed by atoms with E-state index >= 15 is 0 Å². The maximum Gasteiger partial charge on any atom is 0.138 e. The lowest BCUT2D eigenvalue weighted by atomic mass is 10.2. The molecule has 0 heterocycles. The Balaban J connectivity index is 2.78. The molecule has 18 heavy (non-hydrogen) atoms. The molecule has 0 aliphatic rings. The molecule has 0 aliphatic carbocycles. The molecule has 0 amide bonds. The Hall–Kier alpha value is -0.100. The van der Waals surface area contributed by atoms with Crippen molar-refractivity contribution in [1.29, 1.82) is 0 Å². The quantitative estimate of drug-likeness (QED) is 0.760. The van der Waals surface area contributed by atoms with Gasteiger partial charge in [-0.1, -0.05) is 22.9 Å². The van der Waals surface area contributed by atoms with Crippen LogP contribution in [0, 0.1) is 0 Å². The highest BCUT2D eigenvalue weighted by atomic mass is 79.9. The maximum atomic E-state index is 9.24. The van der Waals surface area contributed by atoms with Crippen LogP contribution >= 0.6 is 31.9 Å². The number of hydrogen-bond donors (Lipinski definition) is 2. The molecular weight excluding hydrogens is 362 g/mol. The van der Waals surface area contributed by atoms with Crippen molar-refractivity contribution >= 4 is 31.9 Å². The number of hydrogen-bond acceptors (Lipinski definition) is 3. The Bertz CT molecular complexity index is 383. The Kier molecular flexibility index (Phi) is 7.22. The third-order valence-corrected chi connectivity index (χ3v) is 3.34. The van der Waals surface area contributed by atoms with Crippen LogP contribution in [0.15, 0.2) is 21.1 Å². The number of ether oxygens (including phenoxy) is 1. The summed E-state index contributed by atoms with van der Waals surface area (Å²) in [5.41, 5.74) is 1.07. The molecule has 1 rings (SSSR count). The minimum Gasteiger partial charge on any atom is -0.492 e. The van der Waals surface area contributed by atoms with E-state index in [2.05, 4.69) is 44.1 Å². The Morgan fingerprint density at radius 3 is 2.72 bits per heavy atom. The predicted molar refractivity (Wildman–Crippen MR) is 81.0 cm³/mol. The van der Waals surface area contributed by atoms with Crippen molar-refractivity contribution in [3.8, 4) is 5.75 Å². The van der Waals surface area contributed by atoms with Gasteiger partial charge in [0.05, 0.1) is 17.2 Å². The van der Waals surface area contributed by atoms with Gasteiger partial charge in [-0.2, -0.15) is 0 Å². The fourth-order valence-corrected chi connectivity index (χ4v) is 2.95. The zero-order valence-corrected chi connectivity index (χ0v) is 13.8. The van der Waals surface area contributed by atoms with Gasteiger partial charge in [0.2, 0.25) is 0 Å². The van der Waals surface area contributed by atoms with Gasteiger partial charge in [-0.05, 0) is 41.4 Å². The van der Waals surface area contributed by atoms with Crippen LogP contribution in [0.4, 0.5) is 0 Å². The van der Waals surface area contributed by atoms with Crippen LogP contribution in [0.5, 0.6) is 5.75 Å². The summed E-state index contributed by atoms with van der Waals surface area (Å²) >= 11 is 6.99. The van der Waals surface area contributed by atoms with Crippen LogP contribution in [0.1, 0.15) is 25.8 Å². The van der Waals surface area contributed by atoms with Crippen LogP contribution in [0.3, 0.4) is 0 Å². The van der Waals surface area contributed by atoms with Crippen LogP contribution in [0.2, 0.25) is 0 Å². The summed E-state index contributed by atoms with van der Waals surface area (Å²) in [7, 11) is 0. The molecule has 0 unspecified atom stereocenters. The molecule has 102 valence electrons. The van der Waals surface area contributed by atoms with E-state index in [-0.39, 0.29) is 6.10 Å². The van der Waals surface area contributed by atoms with Crippen LogP contribution < -0.4 is 10.1 Å². The predicted octanol–water partition coefficient (Wildman–Crippen LogP) is 3.47. The van der Waals surface area contributed by atoms with Gasteiger partial charge >= 0.3 is 0 Å². The molecule has 1 atom stereocenters. The van der Waals surface area contributed by atoms with Gasteiger partial charge in [-0.15, -0.1) is 0 Å². The molecule has 3 nitrogen and oxygen atoms in total. The fraction of sp³-hybridized carbons (Fsp3) is 0.538. The third kappa shape index (κ3) is 5.26. The average molecular weight is 381 g/mol. The summed E-state index contributed by atoms with van der Waals surface area (Å²) in [4.78, 5) is 0. The van der Waals surface area contributed by atoms with E-state index in [1.165, 1.54) is 0 Å². The molecule has 0 saturated carbocycles. The summed E-state index contributed by atoms with van der Waals surface area (Å²) < 4.78 is 7.71. The molecule has 0 fully saturated rings. The SMILES string of the molecule is CCCOc1c(Br)cc(Br)cc1CNC[C@H](C)O. The number of aliphatic hydroxyl groups is 1. The smallest absolute Gasteiger partial charge is 0.138 e. The first-order valence-electron chi connectivity index (χ1n) is 6.04. The molecule has 0 aliphatic heterocycles. The van der Waals surface area contributed by atoms with Gasteiger partial charge in [0.15, 0.2) is 0 Å². The number of benzene rings is 1. The highest BCUT2D eigenvalue weighted by Gasteiger charge is 2.10. The normalized spacial score (nSPS) is 12.5. The second-order valence-corrected chi connectivity index (χ2v) is 5.97. The van der Waals surface area contributed by atoms with Crippen LogP contribution in [-0.2, 0) is 6.54 Å². The highest BCUT2D eigenvalue weighted by molar-refractivity contribution is 9.11. The van der Waals surface area contributed by atoms with Gasteiger partial charge in [-0.25, -0.2) is 0 Å². The molecule has 0 aromatic heterocycles. The first-order valence-corrected chi connectivity index (χ1v) is 7.62. The summed E-state index contributed by atoms with van der Waals surface area (Å²) in [6, 6.07) is 4.01. The first-order chi connectivity index (χ1) is 8.54. The molecule has 0 bridgehead atoms. The first kappa shape index (κ1) is 16.0. The molecule has 0 saturated heterocycles. The van der Waals surface area contributed by atoms with Crippen molar-refractivity contribution in [1.82, 2.24) is 5.32 Å². The topological polar surface area (TPSA) is 41.5 Å². The monoisotopic (exact) mass is 379 g/mol. The van der Waals surface area contributed by atoms with E-state index in [1.807, 2.05) is 12.1 Å². The number of aliphatic hydroxyl groups excluding tert-OH is 1. The lowest BCUT2D eigenvalue weighted by molar-refractivity contribution is 0.190. The largest absolute Gasteiger partial charge is 0.492 e. The van der Waals surface area contributed by atoms with E-state index in [1.54, 1.807) is 6.92 Å². The molecule has 1 aromatic carbocycles. The second kappa shape index (κ2) is 8.15. The number of halogens is 2. The van der Waals surface area contributed by atoms with Crippen molar-refractivity contribution in [2.45, 2.75) is 32.9 Å². The van der Waals surface area contributed by atoms with E-state index in [9.17, 15) is 5.11 Å². The second-order valence-electron chi connectivity index (χ2n) is 4.20. The van der Waals surface area contributed by atoms with E-state index in [4.69, 9.17) is 4.74 Å². The van der Waals surface area contributed by atoms with Gasteiger partial charge in [0.25, 0.3) is 0 Å². The Morgan fingerprint density at radius 1 is 1.39 bits per heavy atom. The molecule has 2 N–H and O–H groups in total. The van der Waals surface area contributed by atoms with Gasteiger partial charge in [-0.3, -0.25) is 0 Å². The third-order valence-electron chi connectivity index (χ3n) is 2.29. The summed E-state index contributed by atoms with van der Waals surface area (Å²) in [6.45, 7) is 5.78. The standard InChI is InChI=1S/C13H19Br2NO2/c1-3-4-18-13-10(8-16-7-9(2)17)5-11(14)6-12(13)15/h5-6,9,16-17H,3-4,7-8H2,1-2H3/t9-/m0/s1. The van der Waals surface area contributed by atoms with Crippen molar-refractivity contribution in [3.05, 3.63) is 26.6 Å². The van der Waals surface area contributed by atoms with Crippen LogP contribution in [-0.4, -0.2) is 24.4 Å². The van der Waals surface area contributed by atoms with Gasteiger partial charge < -0.3 is 15.2 Å². The number of nitrogens with one attached hydrogen (secondary N) is 1. The zero-order valence-electron chi connectivity index (χ0n) is 10.7. The molecule has 0 spiro atoms. The Labute approximate surface area is 125 Å². The maximum absolute atomic E-state index is 9.24. The fourth-order valence-electron chi connectivity index (χ4n) is 1.53. The van der Waals surface area contributed by atoms with Crippen molar-refractivity contribution in [2.24, 2.45) is 0 Å². The molecule has 0 radical (unpaired) electrons. The lowest BCUT2D eigenvalue weighted by Crippen LogP contribution is -2.24. The summed E-state index contributed by atoms with van der Waals surface area (Å²) in [5, 5.41) is 12.4. The highest BCUT2D eigenvalue weighted by Crippen LogP contribution is 2.33. The van der Waals surface area contributed by atoms with Gasteiger partial charge in [0.1, 0.15) is 5.75 Å². The van der Waals surface area contributed by atoms with E-state index < -0.39 is 0 Å². The average Bonchev–Trinajstić information content (AvgIpc) is 2.27. The lowest BCUT2D eigenvalue weighted by Gasteiger charge is -2.15. The number of rotatable bonds is 7. The van der Waals surface area contributed by atoms with Crippen LogP contribution in [0.25, 0.3) is 0 Å². The van der Waals surface area contributed by atoms with Crippen molar-refractivity contribution in [3.63, 3.8) is 0 Å². The summed E-state index contributed by atoms with van der Waals surface area (Å²) in [5.74, 6) is 0.873.